The fourth-order valence-electron chi connectivity index (χ4n) is 3.04. The van der Waals surface area contributed by atoms with E-state index in [1.807, 2.05) is 24.3 Å². The highest BCUT2D eigenvalue weighted by Gasteiger charge is 2.18. The van der Waals surface area contributed by atoms with Gasteiger partial charge in [-0.2, -0.15) is 0 Å². The minimum absolute atomic E-state index is 0.0149. The molecule has 8 nitrogen and oxygen atoms in total. The van der Waals surface area contributed by atoms with Crippen LogP contribution in [-0.4, -0.2) is 55.6 Å². The molecule has 0 aliphatic rings. The number of carbonyl (C=O) groups excluding carboxylic acids is 3. The van der Waals surface area contributed by atoms with E-state index in [4.69, 9.17) is 15.6 Å². The molecule has 180 valence electrons. The van der Waals surface area contributed by atoms with Gasteiger partial charge in [0.1, 0.15) is 12.6 Å². The van der Waals surface area contributed by atoms with Crippen LogP contribution < -0.4 is 16.4 Å². The number of ether oxygens (including phenoxy) is 1. The smallest absolute Gasteiger partial charge is 0.251 e. The van der Waals surface area contributed by atoms with Crippen LogP contribution in [0.2, 0.25) is 0 Å². The highest BCUT2D eigenvalue weighted by Crippen LogP contribution is 2.11. The van der Waals surface area contributed by atoms with E-state index in [-0.39, 0.29) is 12.5 Å². The predicted molar refractivity (Wildman–Crippen MR) is 130 cm³/mol. The van der Waals surface area contributed by atoms with Crippen molar-refractivity contribution in [2.45, 2.75) is 31.7 Å². The molecule has 34 heavy (non-hydrogen) atoms. The first-order valence-electron chi connectivity index (χ1n) is 11.1. The number of anilines is 1. The summed E-state index contributed by atoms with van der Waals surface area (Å²) in [7, 11) is 1.67. The first-order chi connectivity index (χ1) is 16.5. The molecule has 0 aliphatic carbocycles. The molecule has 2 amide bonds. The molecular formula is C26H31N3O5. The molecule has 0 spiro atoms. The molecule has 0 aliphatic heterocycles. The van der Waals surface area contributed by atoms with Gasteiger partial charge >= 0.3 is 0 Å². The van der Waals surface area contributed by atoms with Gasteiger partial charge in [0.15, 0.2) is 5.78 Å². The Hall–Kier alpha value is -3.51. The standard InChI is InChI=1S/C26H31N3O5/c1-34-16-4-2-3-5-25(32)28-22-14-10-20(11-15-22)7-6-19-8-12-21(13-9-19)26(33)29-23(17-27)24(31)18-30/h8-15,23,30H,2-5,16-18,27H2,1H3,(H,28,32)(H,29,33)/t23-/m0/s1. The van der Waals surface area contributed by atoms with E-state index in [9.17, 15) is 14.4 Å². The number of amides is 2. The molecule has 2 rings (SSSR count). The molecule has 0 aromatic heterocycles. The minimum atomic E-state index is -0.925. The number of ketones is 1. The molecule has 5 N–H and O–H groups in total. The fourth-order valence-corrected chi connectivity index (χ4v) is 3.04. The number of unbranched alkanes of at least 4 members (excludes halogenated alkanes) is 2. The van der Waals surface area contributed by atoms with Crippen molar-refractivity contribution in [2.75, 3.05) is 32.2 Å². The number of benzene rings is 2. The van der Waals surface area contributed by atoms with Gasteiger partial charge in [-0.25, -0.2) is 0 Å². The Balaban J connectivity index is 1.88. The van der Waals surface area contributed by atoms with E-state index < -0.39 is 24.3 Å². The molecule has 0 saturated carbocycles. The highest BCUT2D eigenvalue weighted by atomic mass is 16.5. The van der Waals surface area contributed by atoms with E-state index in [1.54, 1.807) is 31.4 Å². The Morgan fingerprint density at radius 3 is 2.15 bits per heavy atom. The third kappa shape index (κ3) is 9.16. The number of methoxy groups -OCH3 is 1. The Bertz CT molecular complexity index is 1010. The van der Waals surface area contributed by atoms with Crippen molar-refractivity contribution < 1.29 is 24.2 Å². The van der Waals surface area contributed by atoms with Crippen LogP contribution in [-0.2, 0) is 14.3 Å². The lowest BCUT2D eigenvalue weighted by atomic mass is 10.1. The van der Waals surface area contributed by atoms with E-state index in [1.165, 1.54) is 0 Å². The fraction of sp³-hybridized carbons (Fsp3) is 0.346. The molecule has 0 radical (unpaired) electrons. The lowest BCUT2D eigenvalue weighted by Crippen LogP contribution is -2.46. The Labute approximate surface area is 199 Å². The zero-order chi connectivity index (χ0) is 24.8. The number of Topliss-reactive ketones (excluding diaryl/α,β-unsaturated/α-hetero) is 1. The zero-order valence-electron chi connectivity index (χ0n) is 19.3. The van der Waals surface area contributed by atoms with E-state index in [2.05, 4.69) is 22.5 Å². The number of hydrogen-bond acceptors (Lipinski definition) is 6. The molecule has 0 heterocycles. The summed E-state index contributed by atoms with van der Waals surface area (Å²) in [5, 5.41) is 14.3. The summed E-state index contributed by atoms with van der Waals surface area (Å²) < 4.78 is 5.00. The third-order valence-corrected chi connectivity index (χ3v) is 5.00. The van der Waals surface area contributed by atoms with Gasteiger partial charge in [0, 0.05) is 49.1 Å². The lowest BCUT2D eigenvalue weighted by molar-refractivity contribution is -0.123. The summed E-state index contributed by atoms with van der Waals surface area (Å²) in [6.07, 6.45) is 3.21. The van der Waals surface area contributed by atoms with Crippen LogP contribution in [0.5, 0.6) is 0 Å². The summed E-state index contributed by atoms with van der Waals surface area (Å²) in [5.41, 5.74) is 8.04. The van der Waals surface area contributed by atoms with Gasteiger partial charge < -0.3 is 26.2 Å². The molecular weight excluding hydrogens is 434 g/mol. The van der Waals surface area contributed by atoms with Crippen LogP contribution in [0.1, 0.15) is 47.2 Å². The normalized spacial score (nSPS) is 11.1. The molecule has 2 aromatic rings. The maximum atomic E-state index is 12.3. The maximum absolute atomic E-state index is 12.3. The average molecular weight is 466 g/mol. The van der Waals surface area contributed by atoms with Crippen molar-refractivity contribution in [2.24, 2.45) is 5.73 Å². The van der Waals surface area contributed by atoms with Gasteiger partial charge in [0.05, 0.1) is 0 Å². The number of aliphatic hydroxyl groups excluding tert-OH is 1. The second kappa shape index (κ2) is 14.6. The number of aliphatic hydroxyl groups is 1. The number of hydrogen-bond donors (Lipinski definition) is 4. The van der Waals surface area contributed by atoms with E-state index >= 15 is 0 Å². The Kier molecular flexibility index (Phi) is 11.5. The van der Waals surface area contributed by atoms with Gasteiger partial charge in [-0.15, -0.1) is 0 Å². The highest BCUT2D eigenvalue weighted by molar-refractivity contribution is 5.98. The van der Waals surface area contributed by atoms with Gasteiger partial charge in [-0.05, 0) is 61.4 Å². The molecule has 1 atom stereocenters. The molecule has 8 heteroatoms. The quantitative estimate of drug-likeness (QED) is 0.280. The third-order valence-electron chi connectivity index (χ3n) is 5.00. The zero-order valence-corrected chi connectivity index (χ0v) is 19.3. The topological polar surface area (TPSA) is 131 Å². The minimum Gasteiger partial charge on any atom is -0.388 e. The van der Waals surface area contributed by atoms with Crippen molar-refractivity contribution in [3.8, 4) is 11.8 Å². The first-order valence-corrected chi connectivity index (χ1v) is 11.1. The number of rotatable bonds is 12. The molecule has 0 bridgehead atoms. The van der Waals surface area contributed by atoms with Crippen LogP contribution in [0.4, 0.5) is 5.69 Å². The van der Waals surface area contributed by atoms with Gasteiger partial charge in [0.25, 0.3) is 5.91 Å². The van der Waals surface area contributed by atoms with E-state index in [0.29, 0.717) is 24.2 Å². The monoisotopic (exact) mass is 465 g/mol. The molecule has 0 saturated heterocycles. The largest absolute Gasteiger partial charge is 0.388 e. The predicted octanol–water partition coefficient (Wildman–Crippen LogP) is 1.85. The number of nitrogens with two attached hydrogens (primary N) is 1. The van der Waals surface area contributed by atoms with Gasteiger partial charge in [-0.1, -0.05) is 18.3 Å². The van der Waals surface area contributed by atoms with Crippen molar-refractivity contribution in [3.05, 3.63) is 65.2 Å². The molecule has 2 aromatic carbocycles. The van der Waals surface area contributed by atoms with Gasteiger partial charge in [0.2, 0.25) is 5.91 Å². The second-order valence-electron chi connectivity index (χ2n) is 7.64. The summed E-state index contributed by atoms with van der Waals surface area (Å²) in [6, 6.07) is 13.0. The van der Waals surface area contributed by atoms with E-state index in [0.717, 1.165) is 30.5 Å². The Morgan fingerprint density at radius 1 is 0.971 bits per heavy atom. The second-order valence-corrected chi connectivity index (χ2v) is 7.64. The van der Waals surface area contributed by atoms with Crippen LogP contribution in [0.25, 0.3) is 0 Å². The molecule has 0 unspecified atom stereocenters. The van der Waals surface area contributed by atoms with Gasteiger partial charge in [-0.3, -0.25) is 14.4 Å². The number of carbonyl (C=O) groups is 3. The molecule has 0 fully saturated rings. The maximum Gasteiger partial charge on any atom is 0.251 e. The summed E-state index contributed by atoms with van der Waals surface area (Å²) >= 11 is 0. The van der Waals surface area contributed by atoms with Crippen molar-refractivity contribution in [1.82, 2.24) is 5.32 Å². The lowest BCUT2D eigenvalue weighted by Gasteiger charge is -2.14. The van der Waals surface area contributed by atoms with Crippen molar-refractivity contribution in [1.29, 1.82) is 0 Å². The first kappa shape index (κ1) is 26.7. The number of nitrogens with one attached hydrogen (secondary N) is 2. The SMILES string of the molecule is COCCCCCC(=O)Nc1ccc(C#Cc2ccc(C(=O)N[C@@H](CN)C(=O)CO)cc2)cc1. The average Bonchev–Trinajstić information content (AvgIpc) is 2.86. The van der Waals surface area contributed by atoms with Crippen molar-refractivity contribution >= 4 is 23.3 Å². The van der Waals surface area contributed by atoms with Crippen LogP contribution in [0.3, 0.4) is 0 Å². The van der Waals surface area contributed by atoms with Crippen molar-refractivity contribution in [3.63, 3.8) is 0 Å². The van der Waals surface area contributed by atoms with Crippen LogP contribution >= 0.6 is 0 Å². The van der Waals surface area contributed by atoms with Crippen LogP contribution in [0.15, 0.2) is 48.5 Å². The summed E-state index contributed by atoms with van der Waals surface area (Å²) in [6.45, 7) is -0.0578. The summed E-state index contributed by atoms with van der Waals surface area (Å²) in [5.74, 6) is 5.06. The van der Waals surface area contributed by atoms with Crippen LogP contribution in [0, 0.1) is 11.8 Å². The Morgan fingerprint density at radius 2 is 1.59 bits per heavy atom. The summed E-state index contributed by atoms with van der Waals surface area (Å²) in [4.78, 5) is 35.8.